The van der Waals surface area contributed by atoms with Gasteiger partial charge in [0.15, 0.2) is 0 Å². The maximum absolute atomic E-state index is 9.22. The molecule has 0 saturated carbocycles. The van der Waals surface area contributed by atoms with Gasteiger partial charge in [-0.1, -0.05) is 12.1 Å². The van der Waals surface area contributed by atoms with Crippen molar-refractivity contribution >= 4 is 5.82 Å². The predicted molar refractivity (Wildman–Crippen MR) is 79.9 cm³/mol. The summed E-state index contributed by atoms with van der Waals surface area (Å²) in [4.78, 5) is 6.19. The fourth-order valence-corrected chi connectivity index (χ4v) is 1.96. The van der Waals surface area contributed by atoms with Gasteiger partial charge in [0.1, 0.15) is 17.6 Å². The Labute approximate surface area is 119 Å². The summed E-state index contributed by atoms with van der Waals surface area (Å²) < 4.78 is 5.42. The SMILES string of the molecule is CCOc1ccc(-c2cnc(N(C)C)c(C#N)c2)cc1. The molecule has 1 aromatic carbocycles. The Balaban J connectivity index is 2.36. The van der Waals surface area contributed by atoms with Crippen LogP contribution in [0.4, 0.5) is 5.82 Å². The molecule has 1 aromatic heterocycles. The molecule has 0 bridgehead atoms. The van der Waals surface area contributed by atoms with Gasteiger partial charge < -0.3 is 9.64 Å². The van der Waals surface area contributed by atoms with Crippen molar-refractivity contribution in [3.05, 3.63) is 42.1 Å². The normalized spacial score (nSPS) is 9.90. The van der Waals surface area contributed by atoms with Gasteiger partial charge in [0.2, 0.25) is 0 Å². The lowest BCUT2D eigenvalue weighted by Gasteiger charge is -2.13. The van der Waals surface area contributed by atoms with Gasteiger partial charge in [-0.15, -0.1) is 0 Å². The highest BCUT2D eigenvalue weighted by Crippen LogP contribution is 2.25. The molecule has 0 saturated heterocycles. The van der Waals surface area contributed by atoms with E-state index in [0.717, 1.165) is 16.9 Å². The van der Waals surface area contributed by atoms with Gasteiger partial charge in [-0.25, -0.2) is 4.98 Å². The third kappa shape index (κ3) is 2.89. The van der Waals surface area contributed by atoms with Crippen LogP contribution >= 0.6 is 0 Å². The first-order valence-corrected chi connectivity index (χ1v) is 6.46. The molecule has 4 nitrogen and oxygen atoms in total. The Morgan fingerprint density at radius 1 is 1.20 bits per heavy atom. The molecule has 0 spiro atoms. The second-order valence-electron chi connectivity index (χ2n) is 4.56. The molecule has 0 atom stereocenters. The van der Waals surface area contributed by atoms with Crippen molar-refractivity contribution in [2.24, 2.45) is 0 Å². The van der Waals surface area contributed by atoms with Crippen LogP contribution in [0.25, 0.3) is 11.1 Å². The van der Waals surface area contributed by atoms with Crippen molar-refractivity contribution in [2.45, 2.75) is 6.92 Å². The topological polar surface area (TPSA) is 49.1 Å². The van der Waals surface area contributed by atoms with E-state index >= 15 is 0 Å². The Bertz CT molecular complexity index is 627. The molecule has 1 heterocycles. The fraction of sp³-hybridized carbons (Fsp3) is 0.250. The first kappa shape index (κ1) is 13.9. The third-order valence-electron chi connectivity index (χ3n) is 2.91. The number of anilines is 1. The van der Waals surface area contributed by atoms with Crippen LogP contribution in [0.5, 0.6) is 5.75 Å². The minimum absolute atomic E-state index is 0.571. The number of nitriles is 1. The van der Waals surface area contributed by atoms with Crippen LogP contribution in [0.2, 0.25) is 0 Å². The quantitative estimate of drug-likeness (QED) is 0.854. The lowest BCUT2D eigenvalue weighted by atomic mass is 10.1. The lowest BCUT2D eigenvalue weighted by Crippen LogP contribution is -2.12. The maximum Gasteiger partial charge on any atom is 0.146 e. The summed E-state index contributed by atoms with van der Waals surface area (Å²) in [6, 6.07) is 11.8. The van der Waals surface area contributed by atoms with Gasteiger partial charge in [-0.3, -0.25) is 0 Å². The van der Waals surface area contributed by atoms with Crippen LogP contribution in [0.1, 0.15) is 12.5 Å². The standard InChI is InChI=1S/C16H17N3O/c1-4-20-15-7-5-12(6-8-15)14-9-13(10-17)16(18-11-14)19(2)3/h5-9,11H,4H2,1-3H3. The number of hydrogen-bond donors (Lipinski definition) is 0. The third-order valence-corrected chi connectivity index (χ3v) is 2.91. The molecule has 0 aliphatic carbocycles. The van der Waals surface area contributed by atoms with Crippen molar-refractivity contribution in [1.82, 2.24) is 4.98 Å². The zero-order valence-electron chi connectivity index (χ0n) is 11.9. The minimum Gasteiger partial charge on any atom is -0.494 e. The van der Waals surface area contributed by atoms with Gasteiger partial charge in [0, 0.05) is 25.9 Å². The molecule has 20 heavy (non-hydrogen) atoms. The average molecular weight is 267 g/mol. The minimum atomic E-state index is 0.571. The van der Waals surface area contributed by atoms with E-state index in [1.54, 1.807) is 6.20 Å². The molecule has 0 fully saturated rings. The summed E-state index contributed by atoms with van der Waals surface area (Å²) in [7, 11) is 3.75. The number of hydrogen-bond acceptors (Lipinski definition) is 4. The first-order valence-electron chi connectivity index (χ1n) is 6.46. The van der Waals surface area contributed by atoms with Crippen LogP contribution in [-0.2, 0) is 0 Å². The molecular formula is C16H17N3O. The summed E-state index contributed by atoms with van der Waals surface area (Å²) in [5, 5.41) is 9.22. The van der Waals surface area contributed by atoms with Gasteiger partial charge in [0.05, 0.1) is 12.2 Å². The molecule has 4 heteroatoms. The van der Waals surface area contributed by atoms with Crippen molar-refractivity contribution in [2.75, 3.05) is 25.6 Å². The van der Waals surface area contributed by atoms with Gasteiger partial charge in [-0.2, -0.15) is 5.26 Å². The molecule has 0 aliphatic rings. The van der Waals surface area contributed by atoms with E-state index in [1.165, 1.54) is 0 Å². The van der Waals surface area contributed by atoms with E-state index in [9.17, 15) is 5.26 Å². The molecule has 0 amide bonds. The monoisotopic (exact) mass is 267 g/mol. The second kappa shape index (κ2) is 6.07. The van der Waals surface area contributed by atoms with E-state index in [4.69, 9.17) is 4.74 Å². The Hall–Kier alpha value is -2.54. The van der Waals surface area contributed by atoms with Gasteiger partial charge in [0.25, 0.3) is 0 Å². The highest BCUT2D eigenvalue weighted by molar-refractivity contribution is 5.68. The molecule has 2 aromatic rings. The smallest absolute Gasteiger partial charge is 0.146 e. The van der Waals surface area contributed by atoms with Crippen molar-refractivity contribution in [3.8, 4) is 22.9 Å². The Morgan fingerprint density at radius 3 is 2.45 bits per heavy atom. The maximum atomic E-state index is 9.22. The summed E-state index contributed by atoms with van der Waals surface area (Å²) in [5.41, 5.74) is 2.51. The summed E-state index contributed by atoms with van der Waals surface area (Å²) in [6.07, 6.45) is 1.78. The lowest BCUT2D eigenvalue weighted by molar-refractivity contribution is 0.340. The van der Waals surface area contributed by atoms with E-state index < -0.39 is 0 Å². The molecule has 0 aliphatic heterocycles. The second-order valence-corrected chi connectivity index (χ2v) is 4.56. The fourth-order valence-electron chi connectivity index (χ4n) is 1.96. The van der Waals surface area contributed by atoms with Crippen LogP contribution in [0.3, 0.4) is 0 Å². The molecule has 0 unspecified atom stereocenters. The molecular weight excluding hydrogens is 250 g/mol. The van der Waals surface area contributed by atoms with Gasteiger partial charge in [-0.05, 0) is 30.7 Å². The zero-order chi connectivity index (χ0) is 14.5. The number of nitrogens with zero attached hydrogens (tertiary/aromatic N) is 3. The number of pyridine rings is 1. The molecule has 102 valence electrons. The first-order chi connectivity index (χ1) is 9.65. The highest BCUT2D eigenvalue weighted by Gasteiger charge is 2.08. The Kier molecular flexibility index (Phi) is 4.21. The summed E-state index contributed by atoms with van der Waals surface area (Å²) >= 11 is 0. The van der Waals surface area contributed by atoms with Crippen LogP contribution in [-0.4, -0.2) is 25.7 Å². The van der Waals surface area contributed by atoms with Crippen molar-refractivity contribution < 1.29 is 4.74 Å². The zero-order valence-corrected chi connectivity index (χ0v) is 11.9. The Morgan fingerprint density at radius 2 is 1.90 bits per heavy atom. The van der Waals surface area contributed by atoms with Crippen LogP contribution < -0.4 is 9.64 Å². The molecule has 0 N–H and O–H groups in total. The van der Waals surface area contributed by atoms with E-state index in [-0.39, 0.29) is 0 Å². The summed E-state index contributed by atoms with van der Waals surface area (Å²) in [6.45, 7) is 2.61. The number of rotatable bonds is 4. The summed E-state index contributed by atoms with van der Waals surface area (Å²) in [5.74, 6) is 1.52. The van der Waals surface area contributed by atoms with Crippen LogP contribution in [0, 0.1) is 11.3 Å². The highest BCUT2D eigenvalue weighted by atomic mass is 16.5. The number of ether oxygens (including phenoxy) is 1. The van der Waals surface area contributed by atoms with E-state index in [2.05, 4.69) is 11.1 Å². The predicted octanol–water partition coefficient (Wildman–Crippen LogP) is 3.08. The molecule has 2 rings (SSSR count). The van der Waals surface area contributed by atoms with Gasteiger partial charge >= 0.3 is 0 Å². The van der Waals surface area contributed by atoms with E-state index in [0.29, 0.717) is 18.0 Å². The van der Waals surface area contributed by atoms with Crippen molar-refractivity contribution in [3.63, 3.8) is 0 Å². The molecule has 0 radical (unpaired) electrons. The van der Waals surface area contributed by atoms with E-state index in [1.807, 2.05) is 56.3 Å². The number of aromatic nitrogens is 1. The average Bonchev–Trinajstić information content (AvgIpc) is 2.47. The number of benzene rings is 1. The van der Waals surface area contributed by atoms with Crippen molar-refractivity contribution in [1.29, 1.82) is 5.26 Å². The largest absolute Gasteiger partial charge is 0.494 e. The van der Waals surface area contributed by atoms with Crippen LogP contribution in [0.15, 0.2) is 36.5 Å².